The summed E-state index contributed by atoms with van der Waals surface area (Å²) in [5.74, 6) is 0.409. The number of phenols is 1. The third kappa shape index (κ3) is 4.46. The predicted molar refractivity (Wildman–Crippen MR) is 110 cm³/mol. The summed E-state index contributed by atoms with van der Waals surface area (Å²) in [5.41, 5.74) is 4.23. The van der Waals surface area contributed by atoms with Gasteiger partial charge in [-0.25, -0.2) is 5.43 Å². The molecular formula is C21H19BrN2O3. The standard InChI is InChI=1S/C21H19BrN2O3/c1-13(15-4-5-17-11-18(27-2)7-6-16(17)10-15)21(26)24-23-12-14-3-8-20(25)19(22)9-14/h3-13,25H,1-2H3,(H,24,26). The Kier molecular flexibility index (Phi) is 5.76. The van der Waals surface area contributed by atoms with Gasteiger partial charge in [0.05, 0.1) is 23.7 Å². The molecule has 0 aromatic heterocycles. The van der Waals surface area contributed by atoms with Crippen LogP contribution in [0.2, 0.25) is 0 Å². The first kappa shape index (κ1) is 18.9. The highest BCUT2D eigenvalue weighted by Gasteiger charge is 2.15. The molecule has 0 bridgehead atoms. The van der Waals surface area contributed by atoms with E-state index in [-0.39, 0.29) is 17.6 Å². The highest BCUT2D eigenvalue weighted by Crippen LogP contribution is 2.25. The topological polar surface area (TPSA) is 70.9 Å². The zero-order valence-corrected chi connectivity index (χ0v) is 16.5. The summed E-state index contributed by atoms with van der Waals surface area (Å²) in [7, 11) is 1.64. The molecule has 0 spiro atoms. The van der Waals surface area contributed by atoms with E-state index in [4.69, 9.17) is 4.74 Å². The lowest BCUT2D eigenvalue weighted by molar-refractivity contribution is -0.122. The maximum atomic E-state index is 12.4. The van der Waals surface area contributed by atoms with Gasteiger partial charge in [-0.15, -0.1) is 0 Å². The predicted octanol–water partition coefficient (Wildman–Crippen LogP) is 4.57. The maximum Gasteiger partial charge on any atom is 0.247 e. The van der Waals surface area contributed by atoms with Crippen molar-refractivity contribution in [1.82, 2.24) is 5.43 Å². The number of hydrogen-bond donors (Lipinski definition) is 2. The largest absolute Gasteiger partial charge is 0.507 e. The van der Waals surface area contributed by atoms with Crippen molar-refractivity contribution in [2.45, 2.75) is 12.8 Å². The number of hydrogen-bond acceptors (Lipinski definition) is 4. The minimum atomic E-state index is -0.347. The quantitative estimate of drug-likeness (QED) is 0.463. The van der Waals surface area contributed by atoms with Crippen molar-refractivity contribution in [3.8, 4) is 11.5 Å². The van der Waals surface area contributed by atoms with Crippen LogP contribution in [0.1, 0.15) is 24.0 Å². The van der Waals surface area contributed by atoms with E-state index in [1.165, 1.54) is 6.21 Å². The van der Waals surface area contributed by atoms with Crippen molar-refractivity contribution in [3.63, 3.8) is 0 Å². The van der Waals surface area contributed by atoms with Crippen LogP contribution in [-0.2, 0) is 4.79 Å². The van der Waals surface area contributed by atoms with E-state index in [0.29, 0.717) is 4.47 Å². The van der Waals surface area contributed by atoms with Gasteiger partial charge in [0.2, 0.25) is 5.91 Å². The average Bonchev–Trinajstić information content (AvgIpc) is 2.69. The molecule has 0 fully saturated rings. The third-order valence-corrected chi connectivity index (χ3v) is 4.96. The maximum absolute atomic E-state index is 12.4. The number of hydrazone groups is 1. The molecule has 0 heterocycles. The van der Waals surface area contributed by atoms with Crippen molar-refractivity contribution in [2.75, 3.05) is 7.11 Å². The second-order valence-corrected chi connectivity index (χ2v) is 6.99. The van der Waals surface area contributed by atoms with E-state index >= 15 is 0 Å². The Morgan fingerprint density at radius 3 is 2.63 bits per heavy atom. The van der Waals surface area contributed by atoms with Crippen LogP contribution < -0.4 is 10.2 Å². The van der Waals surface area contributed by atoms with Gasteiger partial charge >= 0.3 is 0 Å². The van der Waals surface area contributed by atoms with Crippen LogP contribution in [0.3, 0.4) is 0 Å². The molecule has 0 saturated carbocycles. The number of carbonyl (C=O) groups is 1. The Morgan fingerprint density at radius 2 is 1.89 bits per heavy atom. The lowest BCUT2D eigenvalue weighted by Crippen LogP contribution is -2.23. The van der Waals surface area contributed by atoms with E-state index in [0.717, 1.165) is 27.6 Å². The summed E-state index contributed by atoms with van der Waals surface area (Å²) in [5, 5.41) is 15.6. The molecule has 1 amide bonds. The van der Waals surface area contributed by atoms with Crippen LogP contribution in [-0.4, -0.2) is 24.3 Å². The van der Waals surface area contributed by atoms with Gasteiger partial charge in [-0.2, -0.15) is 5.10 Å². The minimum absolute atomic E-state index is 0.152. The number of methoxy groups -OCH3 is 1. The summed E-state index contributed by atoms with van der Waals surface area (Å²) in [6.07, 6.45) is 1.53. The summed E-state index contributed by atoms with van der Waals surface area (Å²) in [4.78, 5) is 12.4. The van der Waals surface area contributed by atoms with Crippen molar-refractivity contribution in [1.29, 1.82) is 0 Å². The highest BCUT2D eigenvalue weighted by atomic mass is 79.9. The smallest absolute Gasteiger partial charge is 0.247 e. The zero-order valence-electron chi connectivity index (χ0n) is 14.9. The van der Waals surface area contributed by atoms with E-state index in [9.17, 15) is 9.90 Å². The van der Waals surface area contributed by atoms with Crippen LogP contribution in [0.25, 0.3) is 10.8 Å². The normalized spacial score (nSPS) is 12.3. The number of benzene rings is 3. The van der Waals surface area contributed by atoms with Gasteiger partial charge in [0.15, 0.2) is 0 Å². The van der Waals surface area contributed by atoms with E-state index < -0.39 is 0 Å². The van der Waals surface area contributed by atoms with Gasteiger partial charge < -0.3 is 9.84 Å². The van der Waals surface area contributed by atoms with Crippen molar-refractivity contribution < 1.29 is 14.6 Å². The molecule has 0 radical (unpaired) electrons. The highest BCUT2D eigenvalue weighted by molar-refractivity contribution is 9.10. The van der Waals surface area contributed by atoms with Crippen LogP contribution in [0, 0.1) is 0 Å². The second-order valence-electron chi connectivity index (χ2n) is 6.14. The fraction of sp³-hybridized carbons (Fsp3) is 0.143. The number of carbonyl (C=O) groups excluding carboxylic acids is 1. The van der Waals surface area contributed by atoms with Gasteiger partial charge in [0.1, 0.15) is 11.5 Å². The molecule has 27 heavy (non-hydrogen) atoms. The molecule has 1 atom stereocenters. The molecule has 3 rings (SSSR count). The zero-order chi connectivity index (χ0) is 19.4. The Morgan fingerprint density at radius 1 is 1.15 bits per heavy atom. The lowest BCUT2D eigenvalue weighted by atomic mass is 9.97. The number of amides is 1. The first-order valence-electron chi connectivity index (χ1n) is 8.37. The molecule has 0 aliphatic rings. The van der Waals surface area contributed by atoms with Crippen molar-refractivity contribution in [2.24, 2.45) is 5.10 Å². The van der Waals surface area contributed by atoms with Gasteiger partial charge in [-0.05, 0) is 75.1 Å². The third-order valence-electron chi connectivity index (χ3n) is 4.32. The molecular weight excluding hydrogens is 408 g/mol. The fourth-order valence-electron chi connectivity index (χ4n) is 2.66. The summed E-state index contributed by atoms with van der Waals surface area (Å²) in [6, 6.07) is 16.7. The van der Waals surface area contributed by atoms with Crippen LogP contribution >= 0.6 is 15.9 Å². The lowest BCUT2D eigenvalue weighted by Gasteiger charge is -2.11. The average molecular weight is 427 g/mol. The number of halogens is 1. The van der Waals surface area contributed by atoms with Gasteiger partial charge in [-0.3, -0.25) is 4.79 Å². The fourth-order valence-corrected chi connectivity index (χ4v) is 3.06. The van der Waals surface area contributed by atoms with E-state index in [1.807, 2.05) is 43.3 Å². The molecule has 5 nitrogen and oxygen atoms in total. The van der Waals surface area contributed by atoms with E-state index in [2.05, 4.69) is 26.5 Å². The van der Waals surface area contributed by atoms with Crippen LogP contribution in [0.15, 0.2) is 64.2 Å². The van der Waals surface area contributed by atoms with Crippen LogP contribution in [0.4, 0.5) is 0 Å². The minimum Gasteiger partial charge on any atom is -0.507 e. The molecule has 0 aliphatic carbocycles. The first-order valence-corrected chi connectivity index (χ1v) is 9.16. The summed E-state index contributed by atoms with van der Waals surface area (Å²) in [6.45, 7) is 1.84. The Labute approximate surface area is 165 Å². The Bertz CT molecular complexity index is 1020. The van der Waals surface area contributed by atoms with Crippen LogP contribution in [0.5, 0.6) is 11.5 Å². The number of aromatic hydroxyl groups is 1. The Hall–Kier alpha value is -2.86. The number of ether oxygens (including phenoxy) is 1. The summed E-state index contributed by atoms with van der Waals surface area (Å²) < 4.78 is 5.80. The number of fused-ring (bicyclic) bond motifs is 1. The molecule has 3 aromatic carbocycles. The first-order chi connectivity index (χ1) is 13.0. The second kappa shape index (κ2) is 8.22. The number of rotatable bonds is 5. The summed E-state index contributed by atoms with van der Waals surface area (Å²) >= 11 is 3.24. The molecule has 2 N–H and O–H groups in total. The Balaban J connectivity index is 1.70. The van der Waals surface area contributed by atoms with Crippen molar-refractivity contribution in [3.05, 3.63) is 70.2 Å². The van der Waals surface area contributed by atoms with Gasteiger partial charge in [0, 0.05) is 0 Å². The van der Waals surface area contributed by atoms with Gasteiger partial charge in [-0.1, -0.05) is 24.3 Å². The number of nitrogens with zero attached hydrogens (tertiary/aromatic N) is 1. The SMILES string of the molecule is COc1ccc2cc(C(C)C(=O)NN=Cc3ccc(O)c(Br)c3)ccc2c1. The molecule has 138 valence electrons. The van der Waals surface area contributed by atoms with Crippen molar-refractivity contribution >= 4 is 38.8 Å². The number of phenolic OH excluding ortho intramolecular Hbond substituents is 1. The number of nitrogens with one attached hydrogen (secondary N) is 1. The molecule has 0 aliphatic heterocycles. The molecule has 3 aromatic rings. The monoisotopic (exact) mass is 426 g/mol. The van der Waals surface area contributed by atoms with E-state index in [1.54, 1.807) is 25.3 Å². The molecule has 0 saturated heterocycles. The molecule has 6 heteroatoms. The molecule has 1 unspecified atom stereocenters. The van der Waals surface area contributed by atoms with Gasteiger partial charge in [0.25, 0.3) is 0 Å².